The molecule has 0 bridgehead atoms. The summed E-state index contributed by atoms with van der Waals surface area (Å²) in [4.78, 5) is 26.7. The molecule has 6 heteroatoms. The highest BCUT2D eigenvalue weighted by atomic mass is 32.1. The first-order valence-corrected chi connectivity index (χ1v) is 7.62. The van der Waals surface area contributed by atoms with Gasteiger partial charge in [-0.2, -0.15) is 25.3 Å². The monoisotopic (exact) mass is 312 g/mol. The lowest BCUT2D eigenvalue weighted by Gasteiger charge is -2.20. The fourth-order valence-corrected chi connectivity index (χ4v) is 2.10. The molecule has 0 aromatic heterocycles. The van der Waals surface area contributed by atoms with Crippen LogP contribution in [0.4, 0.5) is 11.4 Å². The van der Waals surface area contributed by atoms with Gasteiger partial charge in [0.2, 0.25) is 11.8 Å². The minimum Gasteiger partial charge on any atom is -0.315 e. The van der Waals surface area contributed by atoms with Gasteiger partial charge in [0.1, 0.15) is 0 Å². The van der Waals surface area contributed by atoms with E-state index in [9.17, 15) is 9.59 Å². The van der Waals surface area contributed by atoms with Crippen molar-refractivity contribution >= 4 is 48.4 Å². The first kappa shape index (κ1) is 16.9. The van der Waals surface area contributed by atoms with Gasteiger partial charge in [0.15, 0.2) is 0 Å². The van der Waals surface area contributed by atoms with Crippen molar-refractivity contribution in [2.24, 2.45) is 0 Å². The lowest BCUT2D eigenvalue weighted by atomic mass is 10.2. The minimum atomic E-state index is 0.0206. The lowest BCUT2D eigenvalue weighted by Crippen LogP contribution is -2.27. The van der Waals surface area contributed by atoms with E-state index < -0.39 is 0 Å². The summed E-state index contributed by atoms with van der Waals surface area (Å²) >= 11 is 8.11. The van der Waals surface area contributed by atoms with Crippen LogP contribution in [0.15, 0.2) is 24.3 Å². The van der Waals surface area contributed by atoms with Crippen molar-refractivity contribution in [3.05, 3.63) is 24.3 Å². The predicted molar refractivity (Wildman–Crippen MR) is 90.2 cm³/mol. The number of nitrogens with zero attached hydrogens (tertiary/aromatic N) is 2. The number of carbonyl (C=O) groups is 2. The Morgan fingerprint density at radius 3 is 1.40 bits per heavy atom. The zero-order chi connectivity index (χ0) is 15.1. The number of benzene rings is 1. The molecule has 0 unspecified atom stereocenters. The molecule has 0 atom stereocenters. The molecule has 0 aliphatic rings. The molecular weight excluding hydrogens is 292 g/mol. The highest BCUT2D eigenvalue weighted by molar-refractivity contribution is 7.80. The van der Waals surface area contributed by atoms with E-state index in [4.69, 9.17) is 0 Å². The summed E-state index contributed by atoms with van der Waals surface area (Å²) in [6.07, 6.45) is 0.809. The van der Waals surface area contributed by atoms with Crippen LogP contribution in [0.3, 0.4) is 0 Å². The van der Waals surface area contributed by atoms with E-state index in [0.29, 0.717) is 24.3 Å². The van der Waals surface area contributed by atoms with Crippen LogP contribution in [-0.2, 0) is 9.59 Å². The molecule has 0 heterocycles. The van der Waals surface area contributed by atoms with Crippen molar-refractivity contribution in [2.75, 3.05) is 35.4 Å². The molecule has 2 amide bonds. The van der Waals surface area contributed by atoms with Crippen LogP contribution in [0, 0.1) is 0 Å². The van der Waals surface area contributed by atoms with E-state index >= 15 is 0 Å². The van der Waals surface area contributed by atoms with Crippen LogP contribution in [0.2, 0.25) is 0 Å². The van der Waals surface area contributed by atoms with Crippen molar-refractivity contribution in [2.45, 2.75) is 12.8 Å². The molecule has 0 spiro atoms. The Kier molecular flexibility index (Phi) is 6.95. The number of amides is 2. The third kappa shape index (κ3) is 4.45. The Morgan fingerprint density at radius 1 is 0.850 bits per heavy atom. The second-order valence-electron chi connectivity index (χ2n) is 4.37. The van der Waals surface area contributed by atoms with E-state index in [0.717, 1.165) is 11.4 Å². The molecule has 0 saturated carbocycles. The standard InChI is InChI=1S/C14H20N2O2S2/c1-15(13(17)7-9-19)11-3-5-12(6-4-11)16(2)14(18)8-10-20/h3-6,19-20H,7-10H2,1-2H3. The van der Waals surface area contributed by atoms with Gasteiger partial charge in [-0.15, -0.1) is 0 Å². The summed E-state index contributed by atoms with van der Waals surface area (Å²) in [6.45, 7) is 0. The van der Waals surface area contributed by atoms with Gasteiger partial charge in [-0.3, -0.25) is 9.59 Å². The van der Waals surface area contributed by atoms with E-state index in [1.807, 2.05) is 24.3 Å². The van der Waals surface area contributed by atoms with E-state index in [2.05, 4.69) is 25.3 Å². The van der Waals surface area contributed by atoms with Crippen molar-refractivity contribution in [3.8, 4) is 0 Å². The van der Waals surface area contributed by atoms with Gasteiger partial charge in [-0.1, -0.05) is 0 Å². The third-order valence-corrected chi connectivity index (χ3v) is 3.47. The highest BCUT2D eigenvalue weighted by Gasteiger charge is 2.12. The SMILES string of the molecule is CN(C(=O)CCS)c1ccc(N(C)C(=O)CCS)cc1. The Hall–Kier alpha value is -1.14. The number of rotatable bonds is 6. The van der Waals surface area contributed by atoms with Crippen LogP contribution in [0.5, 0.6) is 0 Å². The average Bonchev–Trinajstić information content (AvgIpc) is 2.46. The maximum absolute atomic E-state index is 11.8. The van der Waals surface area contributed by atoms with E-state index in [1.165, 1.54) is 0 Å². The van der Waals surface area contributed by atoms with Crippen molar-refractivity contribution in [1.29, 1.82) is 0 Å². The van der Waals surface area contributed by atoms with Gasteiger partial charge in [-0.05, 0) is 35.8 Å². The average molecular weight is 312 g/mol. The second-order valence-corrected chi connectivity index (χ2v) is 5.26. The fraction of sp³-hybridized carbons (Fsp3) is 0.429. The number of anilines is 2. The van der Waals surface area contributed by atoms with E-state index in [1.54, 1.807) is 23.9 Å². The molecule has 0 aliphatic carbocycles. The molecule has 1 rings (SSSR count). The maximum Gasteiger partial charge on any atom is 0.227 e. The van der Waals surface area contributed by atoms with Gasteiger partial charge in [0.25, 0.3) is 0 Å². The first-order valence-electron chi connectivity index (χ1n) is 6.36. The smallest absolute Gasteiger partial charge is 0.227 e. The van der Waals surface area contributed by atoms with Crippen molar-refractivity contribution < 1.29 is 9.59 Å². The number of thiol groups is 2. The van der Waals surface area contributed by atoms with Crippen LogP contribution in [0.1, 0.15) is 12.8 Å². The number of hydrogen-bond donors (Lipinski definition) is 2. The van der Waals surface area contributed by atoms with Crippen LogP contribution >= 0.6 is 25.3 Å². The molecule has 4 nitrogen and oxygen atoms in total. The highest BCUT2D eigenvalue weighted by Crippen LogP contribution is 2.20. The largest absolute Gasteiger partial charge is 0.315 e. The van der Waals surface area contributed by atoms with Crippen LogP contribution in [0.25, 0.3) is 0 Å². The molecule has 0 N–H and O–H groups in total. The fourth-order valence-electron chi connectivity index (χ4n) is 1.71. The zero-order valence-corrected chi connectivity index (χ0v) is 13.5. The molecule has 20 heavy (non-hydrogen) atoms. The zero-order valence-electron chi connectivity index (χ0n) is 11.7. The van der Waals surface area contributed by atoms with Gasteiger partial charge in [-0.25, -0.2) is 0 Å². The summed E-state index contributed by atoms with van der Waals surface area (Å²) in [5.41, 5.74) is 1.60. The lowest BCUT2D eigenvalue weighted by molar-refractivity contribution is -0.118. The Morgan fingerprint density at radius 2 is 1.15 bits per heavy atom. The molecule has 0 fully saturated rings. The van der Waals surface area contributed by atoms with Gasteiger partial charge in [0, 0.05) is 38.3 Å². The third-order valence-electron chi connectivity index (χ3n) is 3.02. The molecule has 1 aromatic rings. The summed E-state index contributed by atoms with van der Waals surface area (Å²) in [7, 11) is 3.47. The number of hydrogen-bond acceptors (Lipinski definition) is 4. The topological polar surface area (TPSA) is 40.6 Å². The molecule has 0 aliphatic heterocycles. The quantitative estimate of drug-likeness (QED) is 0.791. The molecule has 110 valence electrons. The molecule has 1 aromatic carbocycles. The summed E-state index contributed by atoms with van der Waals surface area (Å²) in [5, 5.41) is 0. The van der Waals surface area contributed by atoms with Crippen LogP contribution in [-0.4, -0.2) is 37.4 Å². The van der Waals surface area contributed by atoms with Crippen molar-refractivity contribution in [3.63, 3.8) is 0 Å². The van der Waals surface area contributed by atoms with Gasteiger partial charge in [0.05, 0.1) is 0 Å². The summed E-state index contributed by atoms with van der Waals surface area (Å²) in [5.74, 6) is 1.10. The van der Waals surface area contributed by atoms with Gasteiger partial charge >= 0.3 is 0 Å². The van der Waals surface area contributed by atoms with Crippen LogP contribution < -0.4 is 9.80 Å². The Bertz CT molecular complexity index is 420. The maximum atomic E-state index is 11.8. The summed E-state index contributed by atoms with van der Waals surface area (Å²) in [6, 6.07) is 7.32. The predicted octanol–water partition coefficient (Wildman–Crippen LogP) is 2.25. The molecule has 0 radical (unpaired) electrons. The Balaban J connectivity index is 2.78. The van der Waals surface area contributed by atoms with E-state index in [-0.39, 0.29) is 11.8 Å². The minimum absolute atomic E-state index is 0.0206. The molecule has 0 saturated heterocycles. The second kappa shape index (κ2) is 8.21. The Labute approximate surface area is 131 Å². The first-order chi connectivity index (χ1) is 9.51. The van der Waals surface area contributed by atoms with Crippen molar-refractivity contribution in [1.82, 2.24) is 0 Å². The normalized spacial score (nSPS) is 10.2. The summed E-state index contributed by atoms with van der Waals surface area (Å²) < 4.78 is 0. The molecular formula is C14H20N2O2S2. The number of carbonyl (C=O) groups excluding carboxylic acids is 2. The van der Waals surface area contributed by atoms with Gasteiger partial charge < -0.3 is 9.80 Å².